The summed E-state index contributed by atoms with van der Waals surface area (Å²) in [6.07, 6.45) is 2.08. The third kappa shape index (κ3) is 9.58. The van der Waals surface area contributed by atoms with Gasteiger partial charge in [-0.1, -0.05) is 20.8 Å². The molecule has 0 amide bonds. The molecule has 0 heterocycles. The molecule has 0 rings (SSSR count). The van der Waals surface area contributed by atoms with Crippen molar-refractivity contribution in [3.63, 3.8) is 0 Å². The maximum Gasteiger partial charge on any atom is 0.165 e. The van der Waals surface area contributed by atoms with Crippen molar-refractivity contribution >= 4 is 0 Å². The van der Waals surface area contributed by atoms with Crippen LogP contribution in [0.4, 0.5) is 0 Å². The summed E-state index contributed by atoms with van der Waals surface area (Å²) < 4.78 is 0. The molecule has 0 aliphatic heterocycles. The van der Waals surface area contributed by atoms with Crippen LogP contribution in [-0.4, -0.2) is 22.2 Å². The third-order valence-electron chi connectivity index (χ3n) is 4.68. The molecule has 0 fully saturated rings. The van der Waals surface area contributed by atoms with Gasteiger partial charge in [0.15, 0.2) is 22.2 Å². The van der Waals surface area contributed by atoms with Crippen LogP contribution in [0.5, 0.6) is 0 Å². The van der Waals surface area contributed by atoms with E-state index in [1.165, 1.54) is 0 Å². The molecule has 162 valence electrons. The fourth-order valence-electron chi connectivity index (χ4n) is 2.93. The molecule has 4 unspecified atom stereocenters. The lowest BCUT2D eigenvalue weighted by atomic mass is 9.86. The van der Waals surface area contributed by atoms with Crippen LogP contribution in [0.1, 0.15) is 81.1 Å². The van der Waals surface area contributed by atoms with Crippen molar-refractivity contribution < 1.29 is 0 Å². The first kappa shape index (κ1) is 27.2. The summed E-state index contributed by atoms with van der Waals surface area (Å²) in [4.78, 5) is 0. The van der Waals surface area contributed by atoms with Gasteiger partial charge in [0, 0.05) is 0 Å². The van der Waals surface area contributed by atoms with Crippen molar-refractivity contribution in [1.82, 2.24) is 0 Å². The molecule has 0 saturated carbocycles. The molecule has 0 aliphatic rings. The van der Waals surface area contributed by atoms with E-state index in [0.29, 0.717) is 25.7 Å². The highest BCUT2D eigenvalue weighted by Crippen LogP contribution is 2.30. The summed E-state index contributed by atoms with van der Waals surface area (Å²) in [5.74, 6) is 0.351. The molecular weight excluding hydrogens is 376 g/mol. The Morgan fingerprint density at radius 3 is 1.47 bits per heavy atom. The van der Waals surface area contributed by atoms with Crippen molar-refractivity contribution in [2.75, 3.05) is 0 Å². The largest absolute Gasteiger partial charge is 0.196 e. The quantitative estimate of drug-likeness (QED) is 0.391. The van der Waals surface area contributed by atoms with Crippen molar-refractivity contribution in [2.24, 2.45) is 32.3 Å². The van der Waals surface area contributed by atoms with Gasteiger partial charge in [-0.05, 0) is 72.1 Å². The third-order valence-corrected chi connectivity index (χ3v) is 4.68. The Morgan fingerprint density at radius 1 is 0.633 bits per heavy atom. The number of nitrogens with zero attached hydrogens (tertiary/aromatic N) is 8. The van der Waals surface area contributed by atoms with E-state index in [-0.39, 0.29) is 11.8 Å². The molecule has 0 aromatic rings. The number of azo groups is 2. The molecule has 0 saturated heterocycles. The zero-order valence-corrected chi connectivity index (χ0v) is 19.6. The van der Waals surface area contributed by atoms with Gasteiger partial charge in [-0.2, -0.15) is 41.5 Å². The van der Waals surface area contributed by atoms with E-state index in [1.54, 1.807) is 34.6 Å². The van der Waals surface area contributed by atoms with Crippen molar-refractivity contribution in [2.45, 2.75) is 103 Å². The molecule has 0 spiro atoms. The summed E-state index contributed by atoms with van der Waals surface area (Å²) in [7, 11) is 0. The van der Waals surface area contributed by atoms with Gasteiger partial charge in [-0.15, -0.1) is 0 Å². The Hall–Kier alpha value is -2.84. The smallest absolute Gasteiger partial charge is 0.165 e. The van der Waals surface area contributed by atoms with E-state index < -0.39 is 22.2 Å². The van der Waals surface area contributed by atoms with E-state index in [1.807, 2.05) is 26.8 Å². The van der Waals surface area contributed by atoms with Gasteiger partial charge in [0.1, 0.15) is 0 Å². The molecule has 30 heavy (non-hydrogen) atoms. The highest BCUT2D eigenvalue weighted by molar-refractivity contribution is 5.09. The summed E-state index contributed by atoms with van der Waals surface area (Å²) in [5, 5.41) is 54.3. The molecule has 0 aromatic carbocycles. The molecular formula is C22H34N8. The first-order valence-corrected chi connectivity index (χ1v) is 10.2. The van der Waals surface area contributed by atoms with Crippen molar-refractivity contribution in [3.05, 3.63) is 0 Å². The minimum atomic E-state index is -1.05. The van der Waals surface area contributed by atoms with Crippen molar-refractivity contribution in [1.29, 1.82) is 21.0 Å². The van der Waals surface area contributed by atoms with Gasteiger partial charge in [0.05, 0.1) is 24.3 Å². The fourth-order valence-corrected chi connectivity index (χ4v) is 2.93. The van der Waals surface area contributed by atoms with Gasteiger partial charge in [-0.25, -0.2) is 0 Å². The average Bonchev–Trinajstić information content (AvgIpc) is 2.69. The van der Waals surface area contributed by atoms with Crippen LogP contribution in [0.15, 0.2) is 20.5 Å². The topological polar surface area (TPSA) is 145 Å². The highest BCUT2D eigenvalue weighted by Gasteiger charge is 2.32. The Morgan fingerprint density at radius 2 is 1.07 bits per heavy atom. The van der Waals surface area contributed by atoms with E-state index >= 15 is 0 Å². The number of nitriles is 4. The van der Waals surface area contributed by atoms with E-state index in [9.17, 15) is 15.8 Å². The second-order valence-corrected chi connectivity index (χ2v) is 9.67. The predicted molar refractivity (Wildman–Crippen MR) is 114 cm³/mol. The second-order valence-electron chi connectivity index (χ2n) is 9.67. The van der Waals surface area contributed by atoms with Crippen LogP contribution in [0, 0.1) is 57.2 Å². The molecule has 0 bridgehead atoms. The van der Waals surface area contributed by atoms with Gasteiger partial charge in [0.25, 0.3) is 0 Å². The molecule has 0 aromatic heterocycles. The Bertz CT molecular complexity index is 801. The summed E-state index contributed by atoms with van der Waals surface area (Å²) >= 11 is 0. The number of hydrogen-bond donors (Lipinski definition) is 0. The van der Waals surface area contributed by atoms with Crippen LogP contribution < -0.4 is 0 Å². The Kier molecular flexibility index (Phi) is 9.78. The van der Waals surface area contributed by atoms with Crippen LogP contribution in [0.3, 0.4) is 0 Å². The Labute approximate surface area is 181 Å². The SMILES string of the molecule is CC(C)CC(C)(C#N)N=NC(C)(C#N)CC(C)CCC(C)(C#N)N=NC(C)(C)C#N. The monoisotopic (exact) mass is 410 g/mol. The van der Waals surface area contributed by atoms with E-state index in [0.717, 1.165) is 0 Å². The fraction of sp³-hybridized carbons (Fsp3) is 0.818. The average molecular weight is 411 g/mol. The van der Waals surface area contributed by atoms with E-state index in [2.05, 4.69) is 38.7 Å². The maximum absolute atomic E-state index is 9.66. The predicted octanol–water partition coefficient (Wildman–Crippen LogP) is 5.89. The molecule has 0 radical (unpaired) electrons. The molecule has 0 aliphatic carbocycles. The maximum atomic E-state index is 9.66. The normalized spacial score (nSPS) is 19.1. The van der Waals surface area contributed by atoms with Gasteiger partial charge < -0.3 is 0 Å². The number of hydrogen-bond acceptors (Lipinski definition) is 8. The van der Waals surface area contributed by atoms with E-state index in [4.69, 9.17) is 5.26 Å². The standard InChI is InChI=1S/C22H34N8/c1-17(2)11-21(7,15-25)29-30-22(8,16-26)12-18(3)9-10-20(6,14-24)28-27-19(4,5)13-23/h17-18H,9-12H2,1-8H3. The van der Waals surface area contributed by atoms with Gasteiger partial charge in [-0.3, -0.25) is 0 Å². The Balaban J connectivity index is 5.21. The van der Waals surface area contributed by atoms with Crippen LogP contribution in [0.2, 0.25) is 0 Å². The lowest BCUT2D eigenvalue weighted by Gasteiger charge is -2.24. The van der Waals surface area contributed by atoms with Gasteiger partial charge >= 0.3 is 0 Å². The number of rotatable bonds is 11. The minimum Gasteiger partial charge on any atom is -0.196 e. The van der Waals surface area contributed by atoms with Crippen molar-refractivity contribution in [3.8, 4) is 24.3 Å². The zero-order chi connectivity index (χ0) is 23.6. The first-order chi connectivity index (χ1) is 13.7. The van der Waals surface area contributed by atoms with Crippen LogP contribution >= 0.6 is 0 Å². The van der Waals surface area contributed by atoms with Crippen LogP contribution in [0.25, 0.3) is 0 Å². The highest BCUT2D eigenvalue weighted by atomic mass is 15.2. The molecule has 4 atom stereocenters. The molecule has 0 N–H and O–H groups in total. The van der Waals surface area contributed by atoms with Gasteiger partial charge in [0.2, 0.25) is 0 Å². The molecule has 8 nitrogen and oxygen atoms in total. The van der Waals surface area contributed by atoms with Crippen LogP contribution in [-0.2, 0) is 0 Å². The first-order valence-electron chi connectivity index (χ1n) is 10.2. The lowest BCUT2D eigenvalue weighted by Crippen LogP contribution is -2.27. The second kappa shape index (κ2) is 10.8. The summed E-state index contributed by atoms with van der Waals surface area (Å²) in [6.45, 7) is 14.4. The summed E-state index contributed by atoms with van der Waals surface area (Å²) in [6, 6.07) is 8.60. The zero-order valence-electron chi connectivity index (χ0n) is 19.6. The summed E-state index contributed by atoms with van der Waals surface area (Å²) in [5.41, 5.74) is -4.03. The molecule has 8 heteroatoms. The minimum absolute atomic E-state index is 0.0684. The lowest BCUT2D eigenvalue weighted by molar-refractivity contribution is 0.341.